The molecule has 4 aromatic rings. The van der Waals surface area contributed by atoms with Crippen molar-refractivity contribution in [3.63, 3.8) is 0 Å². The Hall–Kier alpha value is -2.40. The molecule has 0 spiro atoms. The highest BCUT2D eigenvalue weighted by Gasteiger charge is 2.12. The van der Waals surface area contributed by atoms with E-state index in [1.54, 1.807) is 4.68 Å². The van der Waals surface area contributed by atoms with Gasteiger partial charge in [-0.1, -0.05) is 34.1 Å². The first kappa shape index (κ1) is 12.3. The van der Waals surface area contributed by atoms with Crippen molar-refractivity contribution in [1.29, 1.82) is 0 Å². The molecule has 4 rings (SSSR count). The third kappa shape index (κ3) is 1.97. The summed E-state index contributed by atoms with van der Waals surface area (Å²) in [6.07, 6.45) is 0. The van der Waals surface area contributed by atoms with E-state index in [9.17, 15) is 0 Å². The van der Waals surface area contributed by atoms with Crippen LogP contribution in [0.1, 0.15) is 0 Å². The van der Waals surface area contributed by atoms with E-state index in [2.05, 4.69) is 21.0 Å². The van der Waals surface area contributed by atoms with Gasteiger partial charge in [0.15, 0.2) is 11.5 Å². The number of fused-ring (bicyclic) bond motifs is 2. The smallest absolute Gasteiger partial charge is 0.165 e. The number of halogens is 1. The molecule has 0 atom stereocenters. The Morgan fingerprint density at radius 1 is 1.00 bits per heavy atom. The summed E-state index contributed by atoms with van der Waals surface area (Å²) in [5.74, 6) is 0.492. The van der Waals surface area contributed by atoms with Gasteiger partial charge >= 0.3 is 0 Å². The van der Waals surface area contributed by atoms with Crippen molar-refractivity contribution in [3.05, 3.63) is 59.1 Å². The minimum atomic E-state index is 0.492. The molecule has 21 heavy (non-hydrogen) atoms. The van der Waals surface area contributed by atoms with Crippen molar-refractivity contribution >= 4 is 43.7 Å². The minimum absolute atomic E-state index is 0.492. The standard InChI is InChI=1S/C16H11BrN4/c17-11-5-7-12(8-6-11)21-16-13(15(18)20-21)9-10-3-1-2-4-14(10)19-16/h1-9H,(H2,18,20). The van der Waals surface area contributed by atoms with Crippen molar-refractivity contribution in [3.8, 4) is 5.69 Å². The lowest BCUT2D eigenvalue weighted by atomic mass is 10.2. The SMILES string of the molecule is Nc1nn(-c2ccc(Br)cc2)c2nc3ccccc3cc12. The molecule has 4 nitrogen and oxygen atoms in total. The summed E-state index contributed by atoms with van der Waals surface area (Å²) < 4.78 is 2.80. The van der Waals surface area contributed by atoms with E-state index in [1.165, 1.54) is 0 Å². The van der Waals surface area contributed by atoms with E-state index >= 15 is 0 Å². The minimum Gasteiger partial charge on any atom is -0.382 e. The molecule has 0 aliphatic carbocycles. The molecule has 5 heteroatoms. The van der Waals surface area contributed by atoms with Gasteiger partial charge in [-0.25, -0.2) is 9.67 Å². The fourth-order valence-corrected chi connectivity index (χ4v) is 2.69. The Morgan fingerprint density at radius 2 is 1.76 bits per heavy atom. The van der Waals surface area contributed by atoms with Crippen LogP contribution in [0.3, 0.4) is 0 Å². The molecule has 0 radical (unpaired) electrons. The zero-order valence-corrected chi connectivity index (χ0v) is 12.6. The number of nitrogens with two attached hydrogens (primary N) is 1. The van der Waals surface area contributed by atoms with Gasteiger partial charge in [0, 0.05) is 9.86 Å². The number of nitrogen functional groups attached to an aromatic ring is 1. The lowest BCUT2D eigenvalue weighted by Gasteiger charge is -2.03. The topological polar surface area (TPSA) is 56.7 Å². The van der Waals surface area contributed by atoms with Crippen LogP contribution in [0.2, 0.25) is 0 Å². The summed E-state index contributed by atoms with van der Waals surface area (Å²) in [6.45, 7) is 0. The highest BCUT2D eigenvalue weighted by molar-refractivity contribution is 9.10. The van der Waals surface area contributed by atoms with E-state index in [0.29, 0.717) is 5.82 Å². The summed E-state index contributed by atoms with van der Waals surface area (Å²) >= 11 is 3.44. The van der Waals surface area contributed by atoms with E-state index in [4.69, 9.17) is 10.7 Å². The predicted octanol–water partition coefficient (Wildman–Crippen LogP) is 3.92. The first-order chi connectivity index (χ1) is 10.2. The normalized spacial score (nSPS) is 11.3. The number of rotatable bonds is 1. The van der Waals surface area contributed by atoms with Gasteiger partial charge < -0.3 is 5.73 Å². The number of nitrogens with zero attached hydrogens (tertiary/aromatic N) is 3. The van der Waals surface area contributed by atoms with Gasteiger partial charge in [0.1, 0.15) is 0 Å². The first-order valence-electron chi connectivity index (χ1n) is 6.52. The molecule has 2 aromatic heterocycles. The monoisotopic (exact) mass is 338 g/mol. The Labute approximate surface area is 129 Å². The van der Waals surface area contributed by atoms with Crippen LogP contribution >= 0.6 is 15.9 Å². The maximum Gasteiger partial charge on any atom is 0.165 e. The van der Waals surface area contributed by atoms with Gasteiger partial charge in [0.05, 0.1) is 16.6 Å². The fraction of sp³-hybridized carbons (Fsp3) is 0. The Morgan fingerprint density at radius 3 is 2.57 bits per heavy atom. The Kier molecular flexibility index (Phi) is 2.68. The summed E-state index contributed by atoms with van der Waals surface area (Å²) in [7, 11) is 0. The van der Waals surface area contributed by atoms with Crippen LogP contribution in [-0.4, -0.2) is 14.8 Å². The molecule has 0 aliphatic heterocycles. The van der Waals surface area contributed by atoms with Crippen LogP contribution < -0.4 is 5.73 Å². The number of pyridine rings is 1. The number of para-hydroxylation sites is 1. The molecule has 0 fully saturated rings. The third-order valence-electron chi connectivity index (χ3n) is 3.46. The summed E-state index contributed by atoms with van der Waals surface area (Å²) in [4.78, 5) is 4.71. The lowest BCUT2D eigenvalue weighted by Crippen LogP contribution is -1.98. The molecule has 0 saturated heterocycles. The molecule has 2 N–H and O–H groups in total. The van der Waals surface area contributed by atoms with Crippen LogP contribution in [0.25, 0.3) is 27.6 Å². The second kappa shape index (κ2) is 4.56. The molecule has 0 unspecified atom stereocenters. The van der Waals surface area contributed by atoms with Crippen LogP contribution in [0.15, 0.2) is 59.1 Å². The van der Waals surface area contributed by atoms with Crippen LogP contribution in [0.5, 0.6) is 0 Å². The van der Waals surface area contributed by atoms with Crippen molar-refractivity contribution in [2.45, 2.75) is 0 Å². The maximum absolute atomic E-state index is 6.05. The van der Waals surface area contributed by atoms with Gasteiger partial charge in [-0.05, 0) is 36.4 Å². The van der Waals surface area contributed by atoms with Crippen LogP contribution in [0.4, 0.5) is 5.82 Å². The second-order valence-electron chi connectivity index (χ2n) is 4.83. The molecule has 0 saturated carbocycles. The van der Waals surface area contributed by atoms with Crippen molar-refractivity contribution in [1.82, 2.24) is 14.8 Å². The summed E-state index contributed by atoms with van der Waals surface area (Å²) in [5, 5.41) is 6.36. The molecule has 2 heterocycles. The van der Waals surface area contributed by atoms with Gasteiger partial charge in [0.25, 0.3) is 0 Å². The van der Waals surface area contributed by atoms with Crippen molar-refractivity contribution in [2.75, 3.05) is 5.73 Å². The van der Waals surface area contributed by atoms with Gasteiger partial charge in [-0.2, -0.15) is 0 Å². The highest BCUT2D eigenvalue weighted by Crippen LogP contribution is 2.26. The highest BCUT2D eigenvalue weighted by atomic mass is 79.9. The van der Waals surface area contributed by atoms with Crippen molar-refractivity contribution < 1.29 is 0 Å². The van der Waals surface area contributed by atoms with Gasteiger partial charge in [-0.3, -0.25) is 0 Å². The Bertz CT molecular complexity index is 957. The molecule has 0 aliphatic rings. The number of hydrogen-bond acceptors (Lipinski definition) is 3. The molecule has 2 aromatic carbocycles. The average Bonchev–Trinajstić information content (AvgIpc) is 2.83. The second-order valence-corrected chi connectivity index (χ2v) is 5.74. The zero-order valence-electron chi connectivity index (χ0n) is 11.0. The lowest BCUT2D eigenvalue weighted by molar-refractivity contribution is 0.905. The molecule has 0 bridgehead atoms. The molecular formula is C16H11BrN4. The van der Waals surface area contributed by atoms with E-state index in [1.807, 2.05) is 54.6 Å². The van der Waals surface area contributed by atoms with Gasteiger partial charge in [0.2, 0.25) is 0 Å². The largest absolute Gasteiger partial charge is 0.382 e. The molecule has 102 valence electrons. The number of hydrogen-bond donors (Lipinski definition) is 1. The zero-order chi connectivity index (χ0) is 14.4. The Balaban J connectivity index is 2.05. The average molecular weight is 339 g/mol. The summed E-state index contributed by atoms with van der Waals surface area (Å²) in [6, 6.07) is 17.9. The fourth-order valence-electron chi connectivity index (χ4n) is 2.43. The predicted molar refractivity (Wildman–Crippen MR) is 88.5 cm³/mol. The van der Waals surface area contributed by atoms with E-state index < -0.39 is 0 Å². The van der Waals surface area contributed by atoms with Crippen LogP contribution in [-0.2, 0) is 0 Å². The quantitative estimate of drug-likeness (QED) is 0.572. The van der Waals surface area contributed by atoms with Gasteiger partial charge in [-0.15, -0.1) is 5.10 Å². The number of benzene rings is 2. The van der Waals surface area contributed by atoms with Crippen LogP contribution in [0, 0.1) is 0 Å². The first-order valence-corrected chi connectivity index (χ1v) is 7.31. The maximum atomic E-state index is 6.05. The van der Waals surface area contributed by atoms with E-state index in [0.717, 1.165) is 32.1 Å². The molecule has 0 amide bonds. The number of aromatic nitrogens is 3. The molecular weight excluding hydrogens is 328 g/mol. The summed E-state index contributed by atoms with van der Waals surface area (Å²) in [5.41, 5.74) is 8.69. The van der Waals surface area contributed by atoms with Crippen molar-refractivity contribution in [2.24, 2.45) is 0 Å². The number of anilines is 1. The third-order valence-corrected chi connectivity index (χ3v) is 3.99. The van der Waals surface area contributed by atoms with E-state index in [-0.39, 0.29) is 0 Å².